The van der Waals surface area contributed by atoms with Gasteiger partial charge in [-0.15, -0.1) is 13.2 Å². The highest BCUT2D eigenvalue weighted by Gasteiger charge is 2.35. The predicted molar refractivity (Wildman–Crippen MR) is 88.8 cm³/mol. The molecule has 1 aliphatic carbocycles. The molecule has 1 aromatic rings. The second-order valence-electron chi connectivity index (χ2n) is 6.73. The van der Waals surface area contributed by atoms with E-state index in [0.29, 0.717) is 11.7 Å². The summed E-state index contributed by atoms with van der Waals surface area (Å²) in [5, 5.41) is 3.34. The fraction of sp³-hybridized carbons (Fsp3) is 0.667. The first kappa shape index (κ1) is 18.3. The van der Waals surface area contributed by atoms with Gasteiger partial charge in [-0.3, -0.25) is 4.90 Å². The summed E-state index contributed by atoms with van der Waals surface area (Å²) in [6.07, 6.45) is -0.142. The van der Waals surface area contributed by atoms with Crippen LogP contribution >= 0.6 is 0 Å². The van der Waals surface area contributed by atoms with Crippen molar-refractivity contribution < 1.29 is 22.6 Å². The molecular formula is C18H25F3N2O2. The minimum Gasteiger partial charge on any atom is -0.496 e. The van der Waals surface area contributed by atoms with Gasteiger partial charge in [-0.25, -0.2) is 0 Å². The van der Waals surface area contributed by atoms with E-state index in [9.17, 15) is 13.2 Å². The van der Waals surface area contributed by atoms with Crippen LogP contribution < -0.4 is 14.8 Å². The van der Waals surface area contributed by atoms with Gasteiger partial charge in [-0.1, -0.05) is 12.8 Å². The first-order valence-corrected chi connectivity index (χ1v) is 8.86. The van der Waals surface area contributed by atoms with Crippen LogP contribution in [0.3, 0.4) is 0 Å². The molecule has 0 radical (unpaired) electrons. The monoisotopic (exact) mass is 358 g/mol. The topological polar surface area (TPSA) is 33.7 Å². The number of piperazine rings is 1. The van der Waals surface area contributed by atoms with E-state index >= 15 is 0 Å². The molecule has 140 valence electrons. The number of halogens is 3. The van der Waals surface area contributed by atoms with Crippen LogP contribution in [0.5, 0.6) is 11.5 Å². The van der Waals surface area contributed by atoms with Crippen LogP contribution in [0.2, 0.25) is 0 Å². The van der Waals surface area contributed by atoms with E-state index in [-0.39, 0.29) is 11.8 Å². The molecule has 1 aliphatic heterocycles. The average molecular weight is 358 g/mol. The third-order valence-corrected chi connectivity index (χ3v) is 5.14. The van der Waals surface area contributed by atoms with Gasteiger partial charge in [0, 0.05) is 37.8 Å². The van der Waals surface area contributed by atoms with Gasteiger partial charge in [-0.05, 0) is 37.0 Å². The third kappa shape index (κ3) is 4.58. The zero-order valence-electron chi connectivity index (χ0n) is 14.4. The van der Waals surface area contributed by atoms with Gasteiger partial charge in [0.25, 0.3) is 0 Å². The van der Waals surface area contributed by atoms with Crippen molar-refractivity contribution in [3.8, 4) is 11.5 Å². The normalized spacial score (nSPS) is 21.3. The quantitative estimate of drug-likeness (QED) is 0.870. The van der Waals surface area contributed by atoms with Crippen LogP contribution in [0.1, 0.15) is 37.3 Å². The Kier molecular flexibility index (Phi) is 5.74. The molecule has 0 spiro atoms. The number of benzene rings is 1. The molecule has 1 saturated heterocycles. The van der Waals surface area contributed by atoms with Crippen LogP contribution in [0.4, 0.5) is 13.2 Å². The number of methoxy groups -OCH3 is 1. The zero-order valence-corrected chi connectivity index (χ0v) is 14.4. The van der Waals surface area contributed by atoms with Gasteiger partial charge in [0.05, 0.1) is 7.11 Å². The van der Waals surface area contributed by atoms with Crippen molar-refractivity contribution in [1.82, 2.24) is 10.2 Å². The average Bonchev–Trinajstić information content (AvgIpc) is 3.09. The Morgan fingerprint density at radius 1 is 1.16 bits per heavy atom. The summed E-state index contributed by atoms with van der Waals surface area (Å²) in [6.45, 7) is 3.55. The molecule has 25 heavy (non-hydrogen) atoms. The van der Waals surface area contributed by atoms with E-state index in [4.69, 9.17) is 4.74 Å². The maximum atomic E-state index is 12.6. The van der Waals surface area contributed by atoms with Gasteiger partial charge < -0.3 is 14.8 Å². The highest BCUT2D eigenvalue weighted by molar-refractivity contribution is 5.43. The minimum atomic E-state index is -4.69. The van der Waals surface area contributed by atoms with Crippen molar-refractivity contribution in [3.63, 3.8) is 0 Å². The standard InChI is InChI=1S/C18H25F3N2O2/c1-24-16-7-6-14(25-18(19,20)21)12-15(16)17(13-4-2-3-5-13)23-10-8-22-9-11-23/h6-7,12-13,17,22H,2-5,8-11H2,1H3/t17-/m1/s1. The van der Waals surface area contributed by atoms with Crippen molar-refractivity contribution in [3.05, 3.63) is 23.8 Å². The minimum absolute atomic E-state index is 0.0660. The SMILES string of the molecule is COc1ccc(OC(F)(F)F)cc1[C@@H](C1CCCC1)N1CCNCC1. The molecule has 2 fully saturated rings. The van der Waals surface area contributed by atoms with E-state index in [1.165, 1.54) is 25.0 Å². The Morgan fingerprint density at radius 3 is 2.44 bits per heavy atom. The van der Waals surface area contributed by atoms with Crippen molar-refractivity contribution >= 4 is 0 Å². The van der Waals surface area contributed by atoms with Crippen molar-refractivity contribution in [1.29, 1.82) is 0 Å². The summed E-state index contributed by atoms with van der Waals surface area (Å²) in [4.78, 5) is 2.38. The van der Waals surface area contributed by atoms with E-state index in [1.807, 2.05) is 0 Å². The van der Waals surface area contributed by atoms with Crippen LogP contribution in [0, 0.1) is 5.92 Å². The predicted octanol–water partition coefficient (Wildman–Crippen LogP) is 3.73. The summed E-state index contributed by atoms with van der Waals surface area (Å²) in [5.74, 6) is 0.888. The first-order chi connectivity index (χ1) is 12.0. The number of hydrogen-bond acceptors (Lipinski definition) is 4. The van der Waals surface area contributed by atoms with Gasteiger partial charge in [0.2, 0.25) is 0 Å². The van der Waals surface area contributed by atoms with E-state index in [1.54, 1.807) is 13.2 Å². The number of nitrogens with zero attached hydrogens (tertiary/aromatic N) is 1. The lowest BCUT2D eigenvalue weighted by atomic mass is 9.89. The molecule has 7 heteroatoms. The Balaban J connectivity index is 1.95. The van der Waals surface area contributed by atoms with Gasteiger partial charge in [0.15, 0.2) is 0 Å². The largest absolute Gasteiger partial charge is 0.573 e. The highest BCUT2D eigenvalue weighted by Crippen LogP contribution is 2.44. The van der Waals surface area contributed by atoms with Crippen LogP contribution in [-0.2, 0) is 0 Å². The third-order valence-electron chi connectivity index (χ3n) is 5.14. The lowest BCUT2D eigenvalue weighted by Gasteiger charge is -2.39. The molecule has 0 aromatic heterocycles. The smallest absolute Gasteiger partial charge is 0.496 e. The first-order valence-electron chi connectivity index (χ1n) is 8.86. The molecule has 0 bridgehead atoms. The molecular weight excluding hydrogens is 333 g/mol. The lowest BCUT2D eigenvalue weighted by molar-refractivity contribution is -0.274. The number of nitrogens with one attached hydrogen (secondary N) is 1. The van der Waals surface area contributed by atoms with Crippen molar-refractivity contribution in [2.24, 2.45) is 5.92 Å². The summed E-state index contributed by atoms with van der Waals surface area (Å²) < 4.78 is 47.6. The molecule has 1 saturated carbocycles. The molecule has 1 N–H and O–H groups in total. The molecule has 1 atom stereocenters. The summed E-state index contributed by atoms with van der Waals surface area (Å²) in [7, 11) is 1.56. The fourth-order valence-electron chi connectivity index (χ4n) is 4.12. The summed E-state index contributed by atoms with van der Waals surface area (Å²) >= 11 is 0. The molecule has 3 rings (SSSR count). The molecule has 0 unspecified atom stereocenters. The molecule has 4 nitrogen and oxygen atoms in total. The molecule has 2 aliphatic rings. The molecule has 0 amide bonds. The maximum absolute atomic E-state index is 12.6. The Hall–Kier alpha value is -1.47. The van der Waals surface area contributed by atoms with Crippen LogP contribution in [0.15, 0.2) is 18.2 Å². The van der Waals surface area contributed by atoms with Gasteiger partial charge in [0.1, 0.15) is 11.5 Å². The fourth-order valence-corrected chi connectivity index (χ4v) is 4.12. The maximum Gasteiger partial charge on any atom is 0.573 e. The molecule has 1 aromatic carbocycles. The second kappa shape index (κ2) is 7.83. The van der Waals surface area contributed by atoms with Crippen LogP contribution in [-0.4, -0.2) is 44.6 Å². The summed E-state index contributed by atoms with van der Waals surface area (Å²) in [6, 6.07) is 4.48. The highest BCUT2D eigenvalue weighted by atomic mass is 19.4. The van der Waals surface area contributed by atoms with E-state index in [2.05, 4.69) is 15.0 Å². The van der Waals surface area contributed by atoms with E-state index < -0.39 is 6.36 Å². The summed E-state index contributed by atoms with van der Waals surface area (Å²) in [5.41, 5.74) is 0.804. The van der Waals surface area contributed by atoms with Crippen molar-refractivity contribution in [2.75, 3.05) is 33.3 Å². The van der Waals surface area contributed by atoms with Gasteiger partial charge in [-0.2, -0.15) is 0 Å². The number of ether oxygens (including phenoxy) is 2. The van der Waals surface area contributed by atoms with Gasteiger partial charge >= 0.3 is 6.36 Å². The Labute approximate surface area is 146 Å². The number of rotatable bonds is 5. The second-order valence-corrected chi connectivity index (χ2v) is 6.73. The zero-order chi connectivity index (χ0) is 17.9. The van der Waals surface area contributed by atoms with Crippen molar-refractivity contribution in [2.45, 2.75) is 38.1 Å². The number of alkyl halides is 3. The van der Waals surface area contributed by atoms with Crippen LogP contribution in [0.25, 0.3) is 0 Å². The Bertz CT molecular complexity index is 568. The molecule has 1 heterocycles. The number of hydrogen-bond donors (Lipinski definition) is 1. The Morgan fingerprint density at radius 2 is 1.84 bits per heavy atom. The lowest BCUT2D eigenvalue weighted by Crippen LogP contribution is -2.46. The van der Waals surface area contributed by atoms with E-state index in [0.717, 1.165) is 44.6 Å².